The van der Waals surface area contributed by atoms with Crippen LogP contribution in [0.4, 0.5) is 23.7 Å². The van der Waals surface area contributed by atoms with Gasteiger partial charge >= 0.3 is 6.09 Å². The average molecular weight is 864 g/mol. The number of amides is 1. The van der Waals surface area contributed by atoms with Crippen molar-refractivity contribution in [2.75, 3.05) is 61.2 Å². The zero-order valence-corrected chi connectivity index (χ0v) is 36.8. The van der Waals surface area contributed by atoms with Crippen LogP contribution in [0.15, 0.2) is 40.4 Å². The first-order chi connectivity index (χ1) is 29.6. The molecule has 0 aliphatic carbocycles. The highest BCUT2D eigenvalue weighted by Crippen LogP contribution is 2.40. The Hall–Kier alpha value is -5.08. The lowest BCUT2D eigenvalue weighted by Crippen LogP contribution is -2.57. The number of aldehydes is 1. The maximum atomic E-state index is 16.3. The second kappa shape index (κ2) is 21.8. The number of aromatic nitrogens is 1. The molecule has 6 atom stereocenters. The Bertz CT molecular complexity index is 2100. The molecule has 4 aliphatic rings. The van der Waals surface area contributed by atoms with Crippen LogP contribution in [0.25, 0.3) is 22.0 Å². The number of aromatic hydroxyl groups is 1. The summed E-state index contributed by atoms with van der Waals surface area (Å²) in [5.74, 6) is 1.60. The number of alkyl halides is 1. The summed E-state index contributed by atoms with van der Waals surface area (Å²) in [5.41, 5.74) is -0.0648. The zero-order chi connectivity index (χ0) is 45.2. The number of phenols is 1. The van der Waals surface area contributed by atoms with Gasteiger partial charge in [0.25, 0.3) is 0 Å². The summed E-state index contributed by atoms with van der Waals surface area (Å²) < 4.78 is 59.3. The lowest BCUT2D eigenvalue weighted by Gasteiger charge is -2.42. The van der Waals surface area contributed by atoms with Gasteiger partial charge in [-0.3, -0.25) is 24.7 Å². The Balaban J connectivity index is 0.000000312. The topological polar surface area (TPSA) is 133 Å². The molecule has 7 rings (SSSR count). The molecular weight excluding hydrogens is 804 g/mol. The van der Waals surface area contributed by atoms with Crippen LogP contribution in [0, 0.1) is 29.9 Å². The fourth-order valence-corrected chi connectivity index (χ4v) is 8.74. The van der Waals surface area contributed by atoms with Crippen LogP contribution in [-0.2, 0) is 19.0 Å². The normalized spacial score (nSPS) is 21.8. The first kappa shape index (κ1) is 48.0. The molecule has 1 aromatic heterocycles. The van der Waals surface area contributed by atoms with E-state index in [4.69, 9.17) is 20.6 Å². The zero-order valence-electron chi connectivity index (χ0n) is 36.8. The van der Waals surface area contributed by atoms with Crippen molar-refractivity contribution in [1.29, 1.82) is 0 Å². The van der Waals surface area contributed by atoms with E-state index < -0.39 is 30.2 Å². The number of likely N-dealkylation sites (N-methyl/N-ethyl adjacent to an activating group) is 1. The van der Waals surface area contributed by atoms with Gasteiger partial charge in [-0.1, -0.05) is 25.8 Å². The van der Waals surface area contributed by atoms with Crippen LogP contribution in [0.5, 0.6) is 5.75 Å². The minimum Gasteiger partial charge on any atom is -0.508 e. The summed E-state index contributed by atoms with van der Waals surface area (Å²) in [7, 11) is 6.81. The van der Waals surface area contributed by atoms with Crippen LogP contribution in [0.2, 0.25) is 0 Å². The number of carbonyl (C=O) groups is 2. The molecule has 1 amide bonds. The van der Waals surface area contributed by atoms with Gasteiger partial charge in [0.2, 0.25) is 6.29 Å². The maximum absolute atomic E-state index is 16.3. The van der Waals surface area contributed by atoms with Crippen molar-refractivity contribution in [3.05, 3.63) is 53.2 Å². The van der Waals surface area contributed by atoms with E-state index in [2.05, 4.69) is 46.4 Å². The van der Waals surface area contributed by atoms with Crippen molar-refractivity contribution >= 4 is 41.4 Å². The monoisotopic (exact) mass is 863 g/mol. The molecule has 16 heteroatoms. The molecule has 0 radical (unpaired) electrons. The van der Waals surface area contributed by atoms with E-state index in [0.717, 1.165) is 38.5 Å². The molecule has 336 valence electrons. The number of rotatable bonds is 11. The molecule has 13 nitrogen and oxygen atoms in total. The van der Waals surface area contributed by atoms with Gasteiger partial charge in [-0.25, -0.2) is 23.0 Å². The number of fused-ring (bicyclic) bond motifs is 4. The number of halogens is 3. The van der Waals surface area contributed by atoms with Crippen molar-refractivity contribution < 1.29 is 42.1 Å². The lowest BCUT2D eigenvalue weighted by molar-refractivity contribution is -0.112. The van der Waals surface area contributed by atoms with Crippen LogP contribution in [0.3, 0.4) is 0 Å². The lowest BCUT2D eigenvalue weighted by atomic mass is 9.95. The second-order valence-corrected chi connectivity index (χ2v) is 16.7. The Labute approximate surface area is 362 Å². The molecular formula is C46H60F3N7O6. The standard InChI is InChI=1S/C31H31F2N5O5.C8H17NO.C7H12FN/c1-6-22-25(32)10-7-18-11-21(39)12-23(26(18)22)29-27(33)28(34-3)24(13-35-29)30(36-16-41-4)37-14-19-8-9-20(15-37)38(19)31(40)43-17(2)42-5;1-7(2)5-8(6-10)9(3)4;8-6-4-7-2-1-3-9(7)5-6/h1,7,10-13,17,19-20,39H,3,8-9,14-16H2,2,4-5H3;6-8H,5H2,1-4H3;6-7H,1-5H2/b36-30+;;/t;8-;6-,7?/m.01/s1. The number of aliphatic imine (C=N–C) groups is 2. The van der Waals surface area contributed by atoms with Gasteiger partial charge in [-0.15, -0.1) is 6.42 Å². The summed E-state index contributed by atoms with van der Waals surface area (Å²) in [6.07, 6.45) is 12.2. The van der Waals surface area contributed by atoms with Crippen molar-refractivity contribution in [2.45, 2.75) is 95.9 Å². The Kier molecular flexibility index (Phi) is 16.9. The summed E-state index contributed by atoms with van der Waals surface area (Å²) >= 11 is 0. The SMILES string of the molecule is C#Cc1c(F)ccc2cc(O)cc(-c3ncc(/C(=N\COC)N4CC5CCC(C4)N5C(=O)OC(C)OC)c(N=C)c3F)c12.CC(C)C[C@@H](C=O)N(C)C.F[C@@H]1CC2CCCN2C1. The molecule has 0 saturated carbocycles. The van der Waals surface area contributed by atoms with E-state index in [1.165, 1.54) is 57.5 Å². The van der Waals surface area contributed by atoms with Crippen LogP contribution < -0.4 is 0 Å². The predicted octanol–water partition coefficient (Wildman–Crippen LogP) is 7.18. The molecule has 5 heterocycles. The number of methoxy groups -OCH3 is 2. The summed E-state index contributed by atoms with van der Waals surface area (Å²) in [5, 5.41) is 11.0. The molecule has 4 aliphatic heterocycles. The highest BCUT2D eigenvalue weighted by atomic mass is 19.1. The average Bonchev–Trinajstić information content (AvgIpc) is 3.91. The van der Waals surface area contributed by atoms with Gasteiger partial charge in [0.1, 0.15) is 48.0 Å². The Morgan fingerprint density at radius 2 is 1.82 bits per heavy atom. The predicted molar refractivity (Wildman–Crippen MR) is 235 cm³/mol. The van der Waals surface area contributed by atoms with Crippen molar-refractivity contribution in [3.8, 4) is 29.4 Å². The van der Waals surface area contributed by atoms with Gasteiger partial charge in [-0.05, 0) is 102 Å². The molecule has 4 saturated heterocycles. The Morgan fingerprint density at radius 1 is 1.11 bits per heavy atom. The van der Waals surface area contributed by atoms with Gasteiger partial charge in [0, 0.05) is 57.0 Å². The maximum Gasteiger partial charge on any atom is 0.412 e. The number of ether oxygens (including phenoxy) is 3. The van der Waals surface area contributed by atoms with E-state index in [-0.39, 0.29) is 64.1 Å². The quantitative estimate of drug-likeness (QED) is 0.0696. The second-order valence-electron chi connectivity index (χ2n) is 16.7. The number of amidine groups is 1. The smallest absolute Gasteiger partial charge is 0.412 e. The number of pyridine rings is 1. The molecule has 2 aromatic carbocycles. The van der Waals surface area contributed by atoms with Gasteiger partial charge in [-0.2, -0.15) is 0 Å². The third-order valence-electron chi connectivity index (χ3n) is 11.8. The largest absolute Gasteiger partial charge is 0.508 e. The number of hydrogen-bond acceptors (Lipinski definition) is 11. The number of piperazine rings is 1. The van der Waals surface area contributed by atoms with Crippen LogP contribution in [0.1, 0.15) is 70.4 Å². The van der Waals surface area contributed by atoms with E-state index in [1.54, 1.807) is 11.8 Å². The minimum absolute atomic E-state index is 0.0275. The van der Waals surface area contributed by atoms with E-state index in [9.17, 15) is 23.5 Å². The van der Waals surface area contributed by atoms with Crippen LogP contribution >= 0.6 is 0 Å². The number of phenolic OH excluding ortho intramolecular Hbond substituents is 1. The van der Waals surface area contributed by atoms with Gasteiger partial charge in [0.05, 0.1) is 29.3 Å². The third-order valence-corrected chi connectivity index (χ3v) is 11.8. The minimum atomic E-state index is -0.851. The number of terminal acetylenes is 1. The van der Waals surface area contributed by atoms with Crippen LogP contribution in [-0.4, -0.2) is 152 Å². The van der Waals surface area contributed by atoms with E-state index >= 15 is 4.39 Å². The fourth-order valence-electron chi connectivity index (χ4n) is 8.74. The molecule has 62 heavy (non-hydrogen) atoms. The van der Waals surface area contributed by atoms with Crippen molar-refractivity contribution in [1.82, 2.24) is 24.6 Å². The third kappa shape index (κ3) is 11.1. The highest BCUT2D eigenvalue weighted by Gasteiger charge is 2.45. The molecule has 1 N–H and O–H groups in total. The van der Waals surface area contributed by atoms with Crippen molar-refractivity contribution in [3.63, 3.8) is 0 Å². The molecule has 0 spiro atoms. The molecule has 4 fully saturated rings. The summed E-state index contributed by atoms with van der Waals surface area (Å²) in [4.78, 5) is 44.2. The highest BCUT2D eigenvalue weighted by molar-refractivity contribution is 6.05. The van der Waals surface area contributed by atoms with Crippen molar-refractivity contribution in [2.24, 2.45) is 15.9 Å². The summed E-state index contributed by atoms with van der Waals surface area (Å²) in [6.45, 7) is 12.1. The van der Waals surface area contributed by atoms with Gasteiger partial charge < -0.3 is 29.0 Å². The number of hydrogen-bond donors (Lipinski definition) is 1. The number of carbonyl (C=O) groups excluding carboxylic acids is 2. The Morgan fingerprint density at radius 3 is 2.39 bits per heavy atom. The van der Waals surface area contributed by atoms with Gasteiger partial charge in [0.15, 0.2) is 5.82 Å². The first-order valence-electron chi connectivity index (χ1n) is 21.0. The molecule has 2 bridgehead atoms. The molecule has 4 unspecified atom stereocenters. The fraction of sp³-hybridized carbons (Fsp3) is 0.543. The number of nitrogens with zero attached hydrogens (tertiary/aromatic N) is 7. The number of benzene rings is 2. The molecule has 3 aromatic rings. The first-order valence-corrected chi connectivity index (χ1v) is 21.0. The number of likely N-dealkylation sites (tertiary alicyclic amines) is 1. The summed E-state index contributed by atoms with van der Waals surface area (Å²) in [6, 6.07) is 5.69. The van der Waals surface area contributed by atoms with E-state index in [0.29, 0.717) is 42.8 Å². The van der Waals surface area contributed by atoms with E-state index in [1.807, 2.05) is 23.9 Å².